The number of pyridine rings is 1. The van der Waals surface area contributed by atoms with Gasteiger partial charge in [-0.2, -0.15) is 0 Å². The fourth-order valence-corrected chi connectivity index (χ4v) is 2.81. The van der Waals surface area contributed by atoms with Crippen molar-refractivity contribution in [1.29, 1.82) is 0 Å². The van der Waals surface area contributed by atoms with Gasteiger partial charge in [-0.25, -0.2) is 0 Å². The van der Waals surface area contributed by atoms with Crippen molar-refractivity contribution in [2.45, 2.75) is 52.2 Å². The molecule has 132 valence electrons. The zero-order valence-electron chi connectivity index (χ0n) is 15.0. The van der Waals surface area contributed by atoms with Crippen molar-refractivity contribution in [3.8, 4) is 0 Å². The van der Waals surface area contributed by atoms with E-state index in [0.29, 0.717) is 18.5 Å². The van der Waals surface area contributed by atoms with Crippen molar-refractivity contribution < 1.29 is 14.3 Å². The van der Waals surface area contributed by atoms with Crippen LogP contribution >= 0.6 is 0 Å². The predicted octanol–water partition coefficient (Wildman–Crippen LogP) is 1.97. The molecule has 2 unspecified atom stereocenters. The van der Waals surface area contributed by atoms with Gasteiger partial charge in [-0.05, 0) is 46.6 Å². The molecule has 1 amide bonds. The Hall–Kier alpha value is -2.11. The van der Waals surface area contributed by atoms with E-state index in [-0.39, 0.29) is 29.4 Å². The van der Waals surface area contributed by atoms with E-state index in [1.54, 1.807) is 24.2 Å². The van der Waals surface area contributed by atoms with Crippen LogP contribution < -0.4 is 5.56 Å². The minimum absolute atomic E-state index is 0.0280. The molecule has 1 aromatic heterocycles. The molecule has 0 bridgehead atoms. The molecule has 6 heteroatoms. The van der Waals surface area contributed by atoms with Crippen LogP contribution in [0.4, 0.5) is 0 Å². The topological polar surface area (TPSA) is 68.6 Å². The first-order valence-corrected chi connectivity index (χ1v) is 8.29. The van der Waals surface area contributed by atoms with Crippen LogP contribution in [-0.2, 0) is 16.6 Å². The van der Waals surface area contributed by atoms with E-state index in [2.05, 4.69) is 0 Å². The molecule has 0 aliphatic carbocycles. The lowest BCUT2D eigenvalue weighted by atomic mass is 9.92. The van der Waals surface area contributed by atoms with Gasteiger partial charge in [0.25, 0.3) is 11.5 Å². The van der Waals surface area contributed by atoms with Crippen LogP contribution in [0.3, 0.4) is 0 Å². The van der Waals surface area contributed by atoms with Gasteiger partial charge in [-0.1, -0.05) is 0 Å². The van der Waals surface area contributed by atoms with Crippen LogP contribution in [-0.4, -0.2) is 39.5 Å². The SMILES string of the molecule is CC1CCC(C(=O)OC(C)(C)C)CN1C(=O)c1ccn(C)c(=O)c1. The van der Waals surface area contributed by atoms with Crippen molar-refractivity contribution in [2.75, 3.05) is 6.54 Å². The summed E-state index contributed by atoms with van der Waals surface area (Å²) in [6, 6.07) is 3.00. The maximum absolute atomic E-state index is 12.8. The second-order valence-corrected chi connectivity index (χ2v) is 7.48. The zero-order valence-corrected chi connectivity index (χ0v) is 15.0. The van der Waals surface area contributed by atoms with Crippen LogP contribution in [0.15, 0.2) is 23.1 Å². The number of aromatic nitrogens is 1. The van der Waals surface area contributed by atoms with E-state index in [0.717, 1.165) is 6.42 Å². The first kappa shape index (κ1) is 18.2. The Kier molecular flexibility index (Phi) is 5.16. The van der Waals surface area contributed by atoms with Gasteiger partial charge in [0.15, 0.2) is 0 Å². The van der Waals surface area contributed by atoms with Crippen LogP contribution in [0, 0.1) is 5.92 Å². The van der Waals surface area contributed by atoms with Gasteiger partial charge in [0.05, 0.1) is 5.92 Å². The lowest BCUT2D eigenvalue weighted by Crippen LogP contribution is -2.48. The number of aryl methyl sites for hydroxylation is 1. The molecule has 6 nitrogen and oxygen atoms in total. The molecule has 0 saturated carbocycles. The van der Waals surface area contributed by atoms with Crippen molar-refractivity contribution in [3.63, 3.8) is 0 Å². The lowest BCUT2D eigenvalue weighted by molar-refractivity contribution is -0.161. The highest BCUT2D eigenvalue weighted by Crippen LogP contribution is 2.26. The molecule has 2 atom stereocenters. The summed E-state index contributed by atoms with van der Waals surface area (Å²) in [4.78, 5) is 38.5. The van der Waals surface area contributed by atoms with Gasteiger partial charge in [-0.3, -0.25) is 14.4 Å². The molecule has 0 spiro atoms. The molecule has 0 aromatic carbocycles. The van der Waals surface area contributed by atoms with Crippen molar-refractivity contribution >= 4 is 11.9 Å². The maximum atomic E-state index is 12.8. The third-order valence-corrected chi connectivity index (χ3v) is 4.23. The summed E-state index contributed by atoms with van der Waals surface area (Å²) in [7, 11) is 1.64. The Morgan fingerprint density at radius 2 is 1.92 bits per heavy atom. The fraction of sp³-hybridized carbons (Fsp3) is 0.611. The van der Waals surface area contributed by atoms with E-state index >= 15 is 0 Å². The Labute approximate surface area is 142 Å². The summed E-state index contributed by atoms with van der Waals surface area (Å²) in [5, 5.41) is 0. The average molecular weight is 334 g/mol. The number of ether oxygens (including phenoxy) is 1. The van der Waals surface area contributed by atoms with E-state index in [4.69, 9.17) is 4.74 Å². The Balaban J connectivity index is 2.15. The number of piperidine rings is 1. The van der Waals surface area contributed by atoms with E-state index < -0.39 is 5.60 Å². The lowest BCUT2D eigenvalue weighted by Gasteiger charge is -2.38. The van der Waals surface area contributed by atoms with Gasteiger partial charge in [0.2, 0.25) is 0 Å². The third kappa shape index (κ3) is 4.24. The molecule has 2 rings (SSSR count). The smallest absolute Gasteiger partial charge is 0.311 e. The highest BCUT2D eigenvalue weighted by molar-refractivity contribution is 5.94. The Morgan fingerprint density at radius 1 is 1.25 bits per heavy atom. The van der Waals surface area contributed by atoms with Gasteiger partial charge in [-0.15, -0.1) is 0 Å². The number of carbonyl (C=O) groups is 2. The van der Waals surface area contributed by atoms with Crippen LogP contribution in [0.5, 0.6) is 0 Å². The number of amides is 1. The normalized spacial score (nSPS) is 21.5. The van der Waals surface area contributed by atoms with Crippen molar-refractivity contribution in [1.82, 2.24) is 9.47 Å². The number of esters is 1. The number of likely N-dealkylation sites (tertiary alicyclic amines) is 1. The molecule has 1 aliphatic rings. The molecular weight excluding hydrogens is 308 g/mol. The summed E-state index contributed by atoms with van der Waals surface area (Å²) >= 11 is 0. The minimum Gasteiger partial charge on any atom is -0.460 e. The predicted molar refractivity (Wildman–Crippen MR) is 90.8 cm³/mol. The molecule has 0 N–H and O–H groups in total. The zero-order chi connectivity index (χ0) is 18.1. The molecule has 1 saturated heterocycles. The fourth-order valence-electron chi connectivity index (χ4n) is 2.81. The number of carbonyl (C=O) groups excluding carboxylic acids is 2. The number of hydrogen-bond acceptors (Lipinski definition) is 4. The van der Waals surface area contributed by atoms with Crippen LogP contribution in [0.2, 0.25) is 0 Å². The van der Waals surface area contributed by atoms with Gasteiger partial charge in [0.1, 0.15) is 5.60 Å². The summed E-state index contributed by atoms with van der Waals surface area (Å²) < 4.78 is 6.87. The largest absolute Gasteiger partial charge is 0.460 e. The molecule has 2 heterocycles. The maximum Gasteiger partial charge on any atom is 0.311 e. The van der Waals surface area contributed by atoms with E-state index in [1.807, 2.05) is 27.7 Å². The van der Waals surface area contributed by atoms with Crippen molar-refractivity contribution in [3.05, 3.63) is 34.2 Å². The first-order chi connectivity index (χ1) is 11.1. The molecule has 0 radical (unpaired) electrons. The second kappa shape index (κ2) is 6.79. The summed E-state index contributed by atoms with van der Waals surface area (Å²) in [5.41, 5.74) is -0.412. The van der Waals surface area contributed by atoms with Crippen LogP contribution in [0.1, 0.15) is 50.9 Å². The number of nitrogens with zero attached hydrogens (tertiary/aromatic N) is 2. The Bertz CT molecular complexity index is 687. The molecule has 1 fully saturated rings. The minimum atomic E-state index is -0.541. The monoisotopic (exact) mass is 334 g/mol. The van der Waals surface area contributed by atoms with Gasteiger partial charge < -0.3 is 14.2 Å². The summed E-state index contributed by atoms with van der Waals surface area (Å²) in [5.74, 6) is -0.805. The average Bonchev–Trinajstić information content (AvgIpc) is 2.48. The van der Waals surface area contributed by atoms with Crippen LogP contribution in [0.25, 0.3) is 0 Å². The molecule has 24 heavy (non-hydrogen) atoms. The van der Waals surface area contributed by atoms with Gasteiger partial charge >= 0.3 is 5.97 Å². The van der Waals surface area contributed by atoms with E-state index in [1.165, 1.54) is 10.6 Å². The molecule has 1 aliphatic heterocycles. The molecular formula is C18H26N2O4. The summed E-state index contributed by atoms with van der Waals surface area (Å²) in [6.45, 7) is 7.78. The summed E-state index contributed by atoms with van der Waals surface area (Å²) in [6.07, 6.45) is 3.02. The highest BCUT2D eigenvalue weighted by Gasteiger charge is 2.35. The third-order valence-electron chi connectivity index (χ3n) is 4.23. The number of rotatable bonds is 2. The highest BCUT2D eigenvalue weighted by atomic mass is 16.6. The first-order valence-electron chi connectivity index (χ1n) is 8.29. The van der Waals surface area contributed by atoms with E-state index in [9.17, 15) is 14.4 Å². The molecule has 1 aromatic rings. The Morgan fingerprint density at radius 3 is 2.50 bits per heavy atom. The quantitative estimate of drug-likeness (QED) is 0.776. The standard InChI is InChI=1S/C18H26N2O4/c1-12-6-7-14(17(23)24-18(2,3)4)11-20(12)16(22)13-8-9-19(5)15(21)10-13/h8-10,12,14H,6-7,11H2,1-5H3. The number of hydrogen-bond donors (Lipinski definition) is 0. The van der Waals surface area contributed by atoms with Gasteiger partial charge in [0, 0.05) is 37.5 Å². The second-order valence-electron chi connectivity index (χ2n) is 7.48. The van der Waals surface area contributed by atoms with Crippen molar-refractivity contribution in [2.24, 2.45) is 13.0 Å².